The molecule has 2 aliphatic rings. The highest BCUT2D eigenvalue weighted by molar-refractivity contribution is 5.75. The Hall–Kier alpha value is -2.69. The van der Waals surface area contributed by atoms with E-state index in [0.717, 1.165) is 43.9 Å². The Kier molecular flexibility index (Phi) is 5.47. The van der Waals surface area contributed by atoms with Crippen LogP contribution in [0.15, 0.2) is 42.5 Å². The molecule has 0 bridgehead atoms. The number of hydrogen-bond donors (Lipinski definition) is 1. The van der Waals surface area contributed by atoms with Crippen molar-refractivity contribution < 1.29 is 14.3 Å². The van der Waals surface area contributed by atoms with Gasteiger partial charge in [-0.25, -0.2) is 0 Å². The summed E-state index contributed by atoms with van der Waals surface area (Å²) < 4.78 is 11.1. The number of rotatable bonds is 7. The van der Waals surface area contributed by atoms with Crippen LogP contribution >= 0.6 is 0 Å². The minimum atomic E-state index is 0.125. The van der Waals surface area contributed by atoms with Gasteiger partial charge in [0, 0.05) is 31.7 Å². The maximum atomic E-state index is 12.1. The van der Waals surface area contributed by atoms with Crippen LogP contribution in [-0.2, 0) is 17.6 Å². The predicted molar refractivity (Wildman–Crippen MR) is 106 cm³/mol. The Balaban J connectivity index is 1.16. The molecule has 5 heteroatoms. The highest BCUT2D eigenvalue weighted by Gasteiger charge is 2.17. The Bertz CT molecular complexity index is 806. The van der Waals surface area contributed by atoms with E-state index in [-0.39, 0.29) is 5.91 Å². The van der Waals surface area contributed by atoms with Crippen LogP contribution < -0.4 is 19.7 Å². The van der Waals surface area contributed by atoms with Gasteiger partial charge in [0.05, 0.1) is 0 Å². The SMILES string of the molecule is O=C(CCCc1ccc2c(c1)OCCO2)NCCN1CCc2ccccc21. The minimum Gasteiger partial charge on any atom is -0.486 e. The van der Waals surface area contributed by atoms with Crippen molar-refractivity contribution in [3.8, 4) is 11.5 Å². The van der Waals surface area contributed by atoms with Gasteiger partial charge in [0.1, 0.15) is 13.2 Å². The Morgan fingerprint density at radius 3 is 2.85 bits per heavy atom. The zero-order valence-corrected chi connectivity index (χ0v) is 15.6. The van der Waals surface area contributed by atoms with Crippen molar-refractivity contribution in [3.63, 3.8) is 0 Å². The van der Waals surface area contributed by atoms with E-state index >= 15 is 0 Å². The van der Waals surface area contributed by atoms with Crippen LogP contribution in [0, 0.1) is 0 Å². The van der Waals surface area contributed by atoms with Crippen LogP contribution in [-0.4, -0.2) is 38.8 Å². The molecule has 0 aliphatic carbocycles. The van der Waals surface area contributed by atoms with Crippen molar-refractivity contribution in [2.75, 3.05) is 37.7 Å². The lowest BCUT2D eigenvalue weighted by atomic mass is 10.1. The van der Waals surface area contributed by atoms with Crippen LogP contribution in [0.2, 0.25) is 0 Å². The van der Waals surface area contributed by atoms with Crippen molar-refractivity contribution >= 4 is 11.6 Å². The third-order valence-electron chi connectivity index (χ3n) is 5.16. The molecule has 1 amide bonds. The van der Waals surface area contributed by atoms with E-state index in [1.165, 1.54) is 16.8 Å². The monoisotopic (exact) mass is 366 g/mol. The molecule has 2 aromatic carbocycles. The number of benzene rings is 2. The molecule has 5 nitrogen and oxygen atoms in total. The van der Waals surface area contributed by atoms with Crippen molar-refractivity contribution in [1.82, 2.24) is 5.32 Å². The molecule has 0 spiro atoms. The second kappa shape index (κ2) is 8.33. The van der Waals surface area contributed by atoms with Gasteiger partial charge in [-0.1, -0.05) is 24.3 Å². The fourth-order valence-corrected chi connectivity index (χ4v) is 3.75. The first kappa shape index (κ1) is 17.7. The number of carbonyl (C=O) groups excluding carboxylic acids is 1. The number of anilines is 1. The van der Waals surface area contributed by atoms with Crippen molar-refractivity contribution in [1.29, 1.82) is 0 Å². The maximum absolute atomic E-state index is 12.1. The maximum Gasteiger partial charge on any atom is 0.220 e. The molecule has 2 heterocycles. The standard InChI is InChI=1S/C22H26N2O3/c25-22(23-11-13-24-12-10-18-5-1-2-6-19(18)24)7-3-4-17-8-9-20-21(16-17)27-15-14-26-20/h1-2,5-6,8-9,16H,3-4,7,10-15H2,(H,23,25). The van der Waals surface area contributed by atoms with Crippen molar-refractivity contribution in [3.05, 3.63) is 53.6 Å². The lowest BCUT2D eigenvalue weighted by Gasteiger charge is -2.19. The molecule has 142 valence electrons. The Morgan fingerprint density at radius 1 is 1.07 bits per heavy atom. The highest BCUT2D eigenvalue weighted by Crippen LogP contribution is 2.31. The summed E-state index contributed by atoms with van der Waals surface area (Å²) in [5, 5.41) is 3.05. The first-order valence-corrected chi connectivity index (χ1v) is 9.78. The third-order valence-corrected chi connectivity index (χ3v) is 5.16. The summed E-state index contributed by atoms with van der Waals surface area (Å²) >= 11 is 0. The Labute approximate surface area is 160 Å². The van der Waals surface area contributed by atoms with E-state index < -0.39 is 0 Å². The summed E-state index contributed by atoms with van der Waals surface area (Å²) in [6, 6.07) is 14.5. The number of ether oxygens (including phenoxy) is 2. The quantitative estimate of drug-likeness (QED) is 0.819. The Morgan fingerprint density at radius 2 is 1.93 bits per heavy atom. The van der Waals surface area contributed by atoms with E-state index in [0.29, 0.717) is 26.2 Å². The predicted octanol–water partition coefficient (Wildman–Crippen LogP) is 2.96. The van der Waals surface area contributed by atoms with Gasteiger partial charge >= 0.3 is 0 Å². The molecule has 0 atom stereocenters. The van der Waals surface area contributed by atoms with Crippen LogP contribution in [0.5, 0.6) is 11.5 Å². The van der Waals surface area contributed by atoms with Gasteiger partial charge in [0.15, 0.2) is 11.5 Å². The van der Waals surface area contributed by atoms with E-state index in [2.05, 4.69) is 40.5 Å². The summed E-state index contributed by atoms with van der Waals surface area (Å²) in [6.07, 6.45) is 3.34. The zero-order valence-electron chi connectivity index (χ0n) is 15.6. The average molecular weight is 366 g/mol. The van der Waals surface area contributed by atoms with Crippen molar-refractivity contribution in [2.45, 2.75) is 25.7 Å². The topological polar surface area (TPSA) is 50.8 Å². The molecule has 0 saturated carbocycles. The van der Waals surface area contributed by atoms with E-state index in [1.54, 1.807) is 0 Å². The molecular weight excluding hydrogens is 340 g/mol. The third kappa shape index (κ3) is 4.35. The molecule has 1 N–H and O–H groups in total. The molecule has 0 fully saturated rings. The van der Waals surface area contributed by atoms with Gasteiger partial charge in [0.25, 0.3) is 0 Å². The van der Waals surface area contributed by atoms with Crippen LogP contribution in [0.1, 0.15) is 24.0 Å². The minimum absolute atomic E-state index is 0.125. The van der Waals surface area contributed by atoms with E-state index in [4.69, 9.17) is 9.47 Å². The largest absolute Gasteiger partial charge is 0.486 e. The molecule has 0 saturated heterocycles. The number of nitrogens with zero attached hydrogens (tertiary/aromatic N) is 1. The van der Waals surface area contributed by atoms with E-state index in [1.807, 2.05) is 12.1 Å². The van der Waals surface area contributed by atoms with Gasteiger partial charge in [-0.15, -0.1) is 0 Å². The number of amides is 1. The van der Waals surface area contributed by atoms with Gasteiger partial charge < -0.3 is 19.7 Å². The van der Waals surface area contributed by atoms with Gasteiger partial charge in [-0.05, 0) is 48.6 Å². The summed E-state index contributed by atoms with van der Waals surface area (Å²) in [6.45, 7) is 3.80. The number of nitrogens with one attached hydrogen (secondary N) is 1. The lowest BCUT2D eigenvalue weighted by molar-refractivity contribution is -0.121. The number of para-hydroxylation sites is 1. The average Bonchev–Trinajstić information content (AvgIpc) is 3.11. The fourth-order valence-electron chi connectivity index (χ4n) is 3.75. The molecule has 0 aromatic heterocycles. The summed E-state index contributed by atoms with van der Waals surface area (Å²) in [4.78, 5) is 14.5. The number of hydrogen-bond acceptors (Lipinski definition) is 4. The molecule has 2 aromatic rings. The molecule has 0 radical (unpaired) electrons. The first-order valence-electron chi connectivity index (χ1n) is 9.78. The van der Waals surface area contributed by atoms with Crippen molar-refractivity contribution in [2.24, 2.45) is 0 Å². The lowest BCUT2D eigenvalue weighted by Crippen LogP contribution is -2.34. The molecular formula is C22H26N2O3. The van der Waals surface area contributed by atoms with E-state index in [9.17, 15) is 4.79 Å². The van der Waals surface area contributed by atoms with Crippen LogP contribution in [0.25, 0.3) is 0 Å². The highest BCUT2D eigenvalue weighted by atomic mass is 16.6. The summed E-state index contributed by atoms with van der Waals surface area (Å²) in [5.74, 6) is 1.75. The summed E-state index contributed by atoms with van der Waals surface area (Å²) in [5.41, 5.74) is 3.90. The number of carbonyl (C=O) groups is 1. The second-order valence-corrected chi connectivity index (χ2v) is 7.05. The van der Waals surface area contributed by atoms with Gasteiger partial charge in [-0.3, -0.25) is 4.79 Å². The molecule has 4 rings (SSSR count). The molecule has 0 unspecified atom stereocenters. The smallest absolute Gasteiger partial charge is 0.220 e. The summed E-state index contributed by atoms with van der Waals surface area (Å²) in [7, 11) is 0. The number of aryl methyl sites for hydroxylation is 1. The van der Waals surface area contributed by atoms with Crippen LogP contribution in [0.4, 0.5) is 5.69 Å². The first-order chi connectivity index (χ1) is 13.3. The zero-order chi connectivity index (χ0) is 18.5. The normalized spacial score (nSPS) is 14.7. The molecule has 27 heavy (non-hydrogen) atoms. The van der Waals surface area contributed by atoms with Crippen LogP contribution in [0.3, 0.4) is 0 Å². The fraction of sp³-hybridized carbons (Fsp3) is 0.409. The second-order valence-electron chi connectivity index (χ2n) is 7.05. The number of fused-ring (bicyclic) bond motifs is 2. The van der Waals surface area contributed by atoms with Gasteiger partial charge in [-0.2, -0.15) is 0 Å². The molecule has 2 aliphatic heterocycles. The van der Waals surface area contributed by atoms with Gasteiger partial charge in [0.2, 0.25) is 5.91 Å².